The summed E-state index contributed by atoms with van der Waals surface area (Å²) in [5.41, 5.74) is 2.08. The van der Waals surface area contributed by atoms with E-state index in [9.17, 15) is 9.59 Å². The summed E-state index contributed by atoms with van der Waals surface area (Å²) in [6.07, 6.45) is 2.79. The fraction of sp³-hybridized carbons (Fsp3) is 0.800. The number of nitrogens with two attached hydrogens (primary N) is 1. The van der Waals surface area contributed by atoms with Gasteiger partial charge in [-0.05, 0) is 12.3 Å². The van der Waals surface area contributed by atoms with Crippen LogP contribution in [0.1, 0.15) is 32.6 Å². The summed E-state index contributed by atoms with van der Waals surface area (Å²) in [5, 5.41) is 0. The van der Waals surface area contributed by atoms with E-state index in [1.807, 2.05) is 4.90 Å². The first-order valence-electron chi connectivity index (χ1n) is 5.44. The monoisotopic (exact) mass is 213 g/mol. The number of hydrazine groups is 1. The van der Waals surface area contributed by atoms with Crippen LogP contribution in [0.2, 0.25) is 0 Å². The molecule has 1 heterocycles. The van der Waals surface area contributed by atoms with Crippen LogP contribution < -0.4 is 11.3 Å². The molecule has 0 aromatic carbocycles. The second kappa shape index (κ2) is 5.70. The van der Waals surface area contributed by atoms with E-state index in [1.54, 1.807) is 0 Å². The zero-order chi connectivity index (χ0) is 11.3. The molecule has 5 heteroatoms. The highest BCUT2D eigenvalue weighted by atomic mass is 16.2. The van der Waals surface area contributed by atoms with E-state index in [4.69, 9.17) is 5.84 Å². The summed E-state index contributed by atoms with van der Waals surface area (Å²) in [6, 6.07) is 0. The van der Waals surface area contributed by atoms with Crippen molar-refractivity contribution >= 4 is 11.8 Å². The maximum atomic E-state index is 11.5. The van der Waals surface area contributed by atoms with E-state index >= 15 is 0 Å². The Morgan fingerprint density at radius 2 is 2.40 bits per heavy atom. The normalized spacial score (nSPS) is 20.8. The molecule has 1 rings (SSSR count). The van der Waals surface area contributed by atoms with Gasteiger partial charge in [-0.2, -0.15) is 0 Å². The molecule has 0 aromatic heterocycles. The molecular weight excluding hydrogens is 194 g/mol. The van der Waals surface area contributed by atoms with E-state index < -0.39 is 0 Å². The highest BCUT2D eigenvalue weighted by Gasteiger charge is 2.27. The van der Waals surface area contributed by atoms with Gasteiger partial charge in [-0.25, -0.2) is 5.84 Å². The van der Waals surface area contributed by atoms with Gasteiger partial charge in [0, 0.05) is 25.9 Å². The fourth-order valence-electron chi connectivity index (χ4n) is 1.85. The van der Waals surface area contributed by atoms with E-state index in [1.165, 1.54) is 0 Å². The number of rotatable bonds is 5. The second-order valence-electron chi connectivity index (χ2n) is 3.99. The zero-order valence-corrected chi connectivity index (χ0v) is 9.16. The van der Waals surface area contributed by atoms with E-state index in [0.717, 1.165) is 13.0 Å². The smallest absolute Gasteiger partial charge is 0.233 e. The molecule has 0 radical (unpaired) electrons. The highest BCUT2D eigenvalue weighted by Crippen LogP contribution is 2.20. The van der Waals surface area contributed by atoms with Gasteiger partial charge >= 0.3 is 0 Å². The van der Waals surface area contributed by atoms with Gasteiger partial charge in [0.1, 0.15) is 0 Å². The van der Waals surface area contributed by atoms with Crippen molar-refractivity contribution in [3.05, 3.63) is 0 Å². The van der Waals surface area contributed by atoms with Crippen molar-refractivity contribution in [1.82, 2.24) is 10.3 Å². The van der Waals surface area contributed by atoms with Crippen LogP contribution in [0.3, 0.4) is 0 Å². The lowest BCUT2D eigenvalue weighted by Crippen LogP contribution is -2.31. The number of likely N-dealkylation sites (tertiary alicyclic amines) is 1. The molecule has 0 bridgehead atoms. The Hall–Kier alpha value is -1.10. The van der Waals surface area contributed by atoms with E-state index in [0.29, 0.717) is 31.7 Å². The van der Waals surface area contributed by atoms with Crippen LogP contribution in [0.4, 0.5) is 0 Å². The number of nitrogens with zero attached hydrogens (tertiary/aromatic N) is 1. The van der Waals surface area contributed by atoms with Crippen molar-refractivity contribution in [3.63, 3.8) is 0 Å². The van der Waals surface area contributed by atoms with Crippen LogP contribution >= 0.6 is 0 Å². The molecule has 0 aliphatic carbocycles. The van der Waals surface area contributed by atoms with Crippen molar-refractivity contribution in [2.45, 2.75) is 32.6 Å². The number of hydrogen-bond donors (Lipinski definition) is 2. The van der Waals surface area contributed by atoms with Crippen LogP contribution in [0.25, 0.3) is 0 Å². The lowest BCUT2D eigenvalue weighted by Gasteiger charge is -2.15. The first-order valence-corrected chi connectivity index (χ1v) is 5.44. The molecule has 2 amide bonds. The van der Waals surface area contributed by atoms with Gasteiger partial charge < -0.3 is 4.90 Å². The summed E-state index contributed by atoms with van der Waals surface area (Å²) >= 11 is 0. The average molecular weight is 213 g/mol. The molecule has 0 spiro atoms. The third-order valence-electron chi connectivity index (χ3n) is 2.86. The predicted molar refractivity (Wildman–Crippen MR) is 56.5 cm³/mol. The molecule has 1 aliphatic heterocycles. The fourth-order valence-corrected chi connectivity index (χ4v) is 1.85. The Bertz CT molecular complexity index is 243. The molecule has 5 nitrogen and oxygen atoms in total. The zero-order valence-electron chi connectivity index (χ0n) is 9.16. The molecule has 1 unspecified atom stereocenters. The SMILES string of the molecule is CCC1CC(=O)N(CCCC(=O)NN)C1. The van der Waals surface area contributed by atoms with Crippen LogP contribution in [-0.2, 0) is 9.59 Å². The first-order chi connectivity index (χ1) is 7.17. The standard InChI is InChI=1S/C10H19N3O2/c1-2-8-6-10(15)13(7-8)5-3-4-9(14)12-11/h8H,2-7,11H2,1H3,(H,12,14). The number of carbonyl (C=O) groups is 2. The minimum absolute atomic E-state index is 0.173. The Morgan fingerprint density at radius 1 is 1.67 bits per heavy atom. The minimum atomic E-state index is -0.173. The van der Waals surface area contributed by atoms with Crippen LogP contribution in [-0.4, -0.2) is 29.8 Å². The third-order valence-corrected chi connectivity index (χ3v) is 2.86. The van der Waals surface area contributed by atoms with E-state index in [2.05, 4.69) is 12.3 Å². The minimum Gasteiger partial charge on any atom is -0.342 e. The summed E-state index contributed by atoms with van der Waals surface area (Å²) in [5.74, 6) is 5.50. The summed E-state index contributed by atoms with van der Waals surface area (Å²) < 4.78 is 0. The predicted octanol–water partition coefficient (Wildman–Crippen LogP) is 0.0150. The molecule has 1 saturated heterocycles. The van der Waals surface area contributed by atoms with Gasteiger partial charge in [0.25, 0.3) is 0 Å². The Kier molecular flexibility index (Phi) is 4.55. The Morgan fingerprint density at radius 3 is 2.93 bits per heavy atom. The molecule has 1 aliphatic rings. The van der Waals surface area contributed by atoms with Gasteiger partial charge in [-0.3, -0.25) is 15.0 Å². The third kappa shape index (κ3) is 3.51. The second-order valence-corrected chi connectivity index (χ2v) is 3.99. The molecular formula is C10H19N3O2. The van der Waals surface area contributed by atoms with Gasteiger partial charge in [-0.1, -0.05) is 13.3 Å². The molecule has 1 atom stereocenters. The summed E-state index contributed by atoms with van der Waals surface area (Å²) in [4.78, 5) is 24.2. The maximum absolute atomic E-state index is 11.5. The van der Waals surface area contributed by atoms with E-state index in [-0.39, 0.29) is 11.8 Å². The summed E-state index contributed by atoms with van der Waals surface area (Å²) in [6.45, 7) is 3.62. The molecule has 3 N–H and O–H groups in total. The van der Waals surface area contributed by atoms with Crippen molar-refractivity contribution in [1.29, 1.82) is 0 Å². The summed E-state index contributed by atoms with van der Waals surface area (Å²) in [7, 11) is 0. The largest absolute Gasteiger partial charge is 0.342 e. The van der Waals surface area contributed by atoms with Gasteiger partial charge in [0.05, 0.1) is 0 Å². The van der Waals surface area contributed by atoms with Gasteiger partial charge in [0.15, 0.2) is 0 Å². The molecule has 0 aromatic rings. The van der Waals surface area contributed by atoms with Crippen molar-refractivity contribution < 1.29 is 9.59 Å². The molecule has 1 fully saturated rings. The number of hydrogen-bond acceptors (Lipinski definition) is 3. The van der Waals surface area contributed by atoms with Crippen molar-refractivity contribution in [2.75, 3.05) is 13.1 Å². The number of amides is 2. The molecule has 0 saturated carbocycles. The quantitative estimate of drug-likeness (QED) is 0.384. The van der Waals surface area contributed by atoms with Crippen LogP contribution in [0, 0.1) is 5.92 Å². The first kappa shape index (κ1) is 12.0. The highest BCUT2D eigenvalue weighted by molar-refractivity contribution is 5.78. The number of carbonyl (C=O) groups excluding carboxylic acids is 2. The van der Waals surface area contributed by atoms with Crippen LogP contribution in [0.15, 0.2) is 0 Å². The number of nitrogens with one attached hydrogen (secondary N) is 1. The maximum Gasteiger partial charge on any atom is 0.233 e. The van der Waals surface area contributed by atoms with Crippen molar-refractivity contribution in [3.8, 4) is 0 Å². The van der Waals surface area contributed by atoms with Crippen LogP contribution in [0.5, 0.6) is 0 Å². The van der Waals surface area contributed by atoms with Gasteiger partial charge in [-0.15, -0.1) is 0 Å². The lowest BCUT2D eigenvalue weighted by molar-refractivity contribution is -0.128. The topological polar surface area (TPSA) is 75.4 Å². The average Bonchev–Trinajstić information content (AvgIpc) is 2.59. The van der Waals surface area contributed by atoms with Crippen molar-refractivity contribution in [2.24, 2.45) is 11.8 Å². The molecule has 15 heavy (non-hydrogen) atoms. The lowest BCUT2D eigenvalue weighted by atomic mass is 10.1. The molecule has 86 valence electrons. The van der Waals surface area contributed by atoms with Gasteiger partial charge in [0.2, 0.25) is 11.8 Å². The Balaban J connectivity index is 2.22. The Labute approximate surface area is 90.0 Å².